The molecule has 30 heavy (non-hydrogen) atoms. The van der Waals surface area contributed by atoms with Gasteiger partial charge in [0.1, 0.15) is 11.6 Å². The van der Waals surface area contributed by atoms with Gasteiger partial charge in [0, 0.05) is 18.5 Å². The molecule has 0 radical (unpaired) electrons. The van der Waals surface area contributed by atoms with E-state index in [2.05, 4.69) is 15.5 Å². The van der Waals surface area contributed by atoms with Crippen LogP contribution in [0.25, 0.3) is 0 Å². The number of nitrogens with zero attached hydrogens (tertiary/aromatic N) is 3. The molecule has 2 aromatic carbocycles. The van der Waals surface area contributed by atoms with Crippen LogP contribution < -0.4 is 10.4 Å². The minimum atomic E-state index is -1.30. The van der Waals surface area contributed by atoms with Gasteiger partial charge in [0.05, 0.1) is 17.5 Å². The predicted octanol–water partition coefficient (Wildman–Crippen LogP) is 2.48. The molecule has 1 aromatic heterocycles. The van der Waals surface area contributed by atoms with Crippen LogP contribution in [0.1, 0.15) is 21.7 Å². The van der Waals surface area contributed by atoms with E-state index in [0.717, 1.165) is 17.1 Å². The number of hydrogen-bond donors (Lipinski definition) is 1. The number of anilines is 1. The third kappa shape index (κ3) is 6.07. The van der Waals surface area contributed by atoms with Crippen LogP contribution in [-0.2, 0) is 23.3 Å². The lowest BCUT2D eigenvalue weighted by atomic mass is 10.2. The Morgan fingerprint density at radius 1 is 1.13 bits per heavy atom. The first-order chi connectivity index (χ1) is 14.4. The van der Waals surface area contributed by atoms with Gasteiger partial charge in [-0.2, -0.15) is 0 Å². The Hall–Kier alpha value is -2.85. The first-order valence-electron chi connectivity index (χ1n) is 8.87. The van der Waals surface area contributed by atoms with Gasteiger partial charge in [-0.05, 0) is 35.4 Å². The van der Waals surface area contributed by atoms with Crippen molar-refractivity contribution >= 4 is 41.1 Å². The van der Waals surface area contributed by atoms with E-state index in [9.17, 15) is 19.1 Å². The van der Waals surface area contributed by atoms with Crippen molar-refractivity contribution in [2.24, 2.45) is 7.05 Å². The Kier molecular flexibility index (Phi) is 7.47. The summed E-state index contributed by atoms with van der Waals surface area (Å²) in [5.74, 6) is 0.382. The van der Waals surface area contributed by atoms with Gasteiger partial charge in [-0.25, -0.2) is 4.39 Å². The molecule has 0 saturated heterocycles. The summed E-state index contributed by atoms with van der Waals surface area (Å²) < 4.78 is 14.8. The molecule has 0 bridgehead atoms. The van der Waals surface area contributed by atoms with Crippen molar-refractivity contribution in [2.45, 2.75) is 16.7 Å². The normalized spacial score (nSPS) is 10.7. The quantitative estimate of drug-likeness (QED) is 0.505. The number of aromatic carboxylic acids is 1. The summed E-state index contributed by atoms with van der Waals surface area (Å²) in [5, 5.41) is 22.4. The summed E-state index contributed by atoms with van der Waals surface area (Å²) in [7, 11) is 1.83. The number of carboxylic acid groups (broad SMARTS) is 1. The predicted molar refractivity (Wildman–Crippen MR) is 113 cm³/mol. The first kappa shape index (κ1) is 21.8. The molecule has 1 heterocycles. The molecule has 1 amide bonds. The van der Waals surface area contributed by atoms with Gasteiger partial charge in [-0.3, -0.25) is 4.79 Å². The number of amides is 1. The maximum Gasteiger partial charge on any atom is 0.234 e. The second kappa shape index (κ2) is 10.3. The van der Waals surface area contributed by atoms with E-state index in [-0.39, 0.29) is 23.0 Å². The van der Waals surface area contributed by atoms with Crippen LogP contribution in [0.2, 0.25) is 0 Å². The summed E-state index contributed by atoms with van der Waals surface area (Å²) in [6.07, 6.45) is 0. The van der Waals surface area contributed by atoms with E-state index in [1.807, 2.05) is 11.6 Å². The van der Waals surface area contributed by atoms with Gasteiger partial charge in [-0.1, -0.05) is 36.0 Å². The number of hydrogen-bond acceptors (Lipinski definition) is 7. The zero-order chi connectivity index (χ0) is 21.5. The van der Waals surface area contributed by atoms with Gasteiger partial charge in [0.2, 0.25) is 5.91 Å². The zero-order valence-electron chi connectivity index (χ0n) is 16.0. The van der Waals surface area contributed by atoms with Crippen LogP contribution in [-0.4, -0.2) is 32.4 Å². The zero-order valence-corrected chi connectivity index (χ0v) is 17.6. The molecular weight excluding hydrogens is 427 g/mol. The lowest BCUT2D eigenvalue weighted by molar-refractivity contribution is -0.255. The number of halogens is 1. The van der Waals surface area contributed by atoms with Gasteiger partial charge < -0.3 is 19.8 Å². The number of carbonyl (C=O) groups is 2. The SMILES string of the molecule is Cn1c(CSCc2ccc(F)cc2)nnc1SCC(=O)Nc1cccc(C(=O)[O-])c1. The van der Waals surface area contributed by atoms with E-state index in [1.165, 1.54) is 42.1 Å². The lowest BCUT2D eigenvalue weighted by Gasteiger charge is -2.08. The standard InChI is InChI=1S/C20H19FN4O3S2/c1-25-17(11-29-10-13-5-7-15(21)8-6-13)23-24-20(25)30-12-18(26)22-16-4-2-3-14(9-16)19(27)28/h2-9H,10-12H2,1H3,(H,22,26)(H,27,28)/p-1. The molecule has 10 heteroatoms. The number of thioether (sulfide) groups is 2. The average molecular weight is 446 g/mol. The van der Waals surface area contributed by atoms with Crippen LogP contribution in [0.4, 0.5) is 10.1 Å². The maximum absolute atomic E-state index is 12.9. The molecule has 0 saturated carbocycles. The number of nitrogens with one attached hydrogen (secondary N) is 1. The Labute approximate surface area is 181 Å². The molecule has 1 N–H and O–H groups in total. The largest absolute Gasteiger partial charge is 0.545 e. The molecular formula is C20H18FN4O3S2-. The summed E-state index contributed by atoms with van der Waals surface area (Å²) in [5.41, 5.74) is 1.41. The van der Waals surface area contributed by atoms with Crippen LogP contribution in [0.5, 0.6) is 0 Å². The fourth-order valence-corrected chi connectivity index (χ4v) is 4.18. The topological polar surface area (TPSA) is 99.9 Å². The summed E-state index contributed by atoms with van der Waals surface area (Å²) in [6.45, 7) is 0. The molecule has 0 aliphatic heterocycles. The van der Waals surface area contributed by atoms with Gasteiger partial charge in [0.15, 0.2) is 5.16 Å². The summed E-state index contributed by atoms with van der Waals surface area (Å²) in [4.78, 5) is 23.1. The smallest absolute Gasteiger partial charge is 0.234 e. The van der Waals surface area contributed by atoms with Crippen molar-refractivity contribution in [2.75, 3.05) is 11.1 Å². The highest BCUT2D eigenvalue weighted by molar-refractivity contribution is 7.99. The fourth-order valence-electron chi connectivity index (χ4n) is 2.49. The molecule has 0 fully saturated rings. The van der Waals surface area contributed by atoms with Crippen LogP contribution in [0, 0.1) is 5.82 Å². The number of carboxylic acids is 1. The van der Waals surface area contributed by atoms with E-state index >= 15 is 0 Å². The van der Waals surface area contributed by atoms with Crippen LogP contribution in [0.15, 0.2) is 53.7 Å². The number of carbonyl (C=O) groups excluding carboxylic acids is 2. The second-order valence-corrected chi connectivity index (χ2v) is 8.21. The maximum atomic E-state index is 12.9. The molecule has 0 aliphatic carbocycles. The molecule has 156 valence electrons. The Morgan fingerprint density at radius 2 is 1.90 bits per heavy atom. The van der Waals surface area contributed by atoms with Gasteiger partial charge in [0.25, 0.3) is 0 Å². The highest BCUT2D eigenvalue weighted by Gasteiger charge is 2.12. The Bertz CT molecular complexity index is 1040. The highest BCUT2D eigenvalue weighted by Crippen LogP contribution is 2.21. The molecule has 3 aromatic rings. The van der Waals surface area contributed by atoms with E-state index in [1.54, 1.807) is 30.0 Å². The molecule has 3 rings (SSSR count). The second-order valence-electron chi connectivity index (χ2n) is 6.28. The van der Waals surface area contributed by atoms with Crippen molar-refractivity contribution < 1.29 is 19.1 Å². The van der Waals surface area contributed by atoms with Crippen molar-refractivity contribution in [3.63, 3.8) is 0 Å². The van der Waals surface area contributed by atoms with Crippen molar-refractivity contribution in [3.05, 3.63) is 71.3 Å². The number of aromatic nitrogens is 3. The molecule has 0 unspecified atom stereocenters. The third-order valence-corrected chi connectivity index (χ3v) is 6.07. The molecule has 0 aliphatic rings. The molecule has 0 atom stereocenters. The fraction of sp³-hybridized carbons (Fsp3) is 0.200. The third-order valence-electron chi connectivity index (χ3n) is 4.05. The molecule has 7 nitrogen and oxygen atoms in total. The highest BCUT2D eigenvalue weighted by atomic mass is 32.2. The molecule has 0 spiro atoms. The van der Waals surface area contributed by atoms with Gasteiger partial charge >= 0.3 is 0 Å². The van der Waals surface area contributed by atoms with E-state index in [4.69, 9.17) is 0 Å². The van der Waals surface area contributed by atoms with E-state index < -0.39 is 5.97 Å². The monoisotopic (exact) mass is 445 g/mol. The minimum absolute atomic E-state index is 0.00321. The van der Waals surface area contributed by atoms with Crippen LogP contribution >= 0.6 is 23.5 Å². The summed E-state index contributed by atoms with van der Waals surface area (Å²) >= 11 is 2.87. The van der Waals surface area contributed by atoms with Crippen molar-refractivity contribution in [1.82, 2.24) is 14.8 Å². The first-order valence-corrected chi connectivity index (χ1v) is 11.0. The Balaban J connectivity index is 1.48. The number of rotatable bonds is 9. The van der Waals surface area contributed by atoms with Crippen molar-refractivity contribution in [3.8, 4) is 0 Å². The van der Waals surface area contributed by atoms with E-state index in [0.29, 0.717) is 16.6 Å². The van der Waals surface area contributed by atoms with Gasteiger partial charge in [-0.15, -0.1) is 22.0 Å². The van der Waals surface area contributed by atoms with Crippen molar-refractivity contribution in [1.29, 1.82) is 0 Å². The minimum Gasteiger partial charge on any atom is -0.545 e. The average Bonchev–Trinajstić information content (AvgIpc) is 3.08. The number of benzene rings is 2. The summed E-state index contributed by atoms with van der Waals surface area (Å²) in [6, 6.07) is 12.3. The van der Waals surface area contributed by atoms with Crippen LogP contribution in [0.3, 0.4) is 0 Å². The lowest BCUT2D eigenvalue weighted by Crippen LogP contribution is -2.22. The Morgan fingerprint density at radius 3 is 2.63 bits per heavy atom.